The van der Waals surface area contributed by atoms with Crippen LogP contribution in [0.5, 0.6) is 11.5 Å². The SMILES string of the molecule is CCOc1ccc(-c2nc(CC(=O)Nc3cccc(OC)c3)cs2)cc1. The molecular weight excluding hydrogens is 348 g/mol. The van der Waals surface area contributed by atoms with Gasteiger partial charge in [0.15, 0.2) is 0 Å². The minimum absolute atomic E-state index is 0.109. The molecular formula is C20H20N2O3S. The van der Waals surface area contributed by atoms with Crippen molar-refractivity contribution in [1.29, 1.82) is 0 Å². The van der Waals surface area contributed by atoms with E-state index in [9.17, 15) is 4.79 Å². The van der Waals surface area contributed by atoms with Crippen LogP contribution < -0.4 is 14.8 Å². The molecule has 0 bridgehead atoms. The van der Waals surface area contributed by atoms with Crippen molar-refractivity contribution in [2.45, 2.75) is 13.3 Å². The highest BCUT2D eigenvalue weighted by molar-refractivity contribution is 7.13. The molecule has 0 aliphatic carbocycles. The summed E-state index contributed by atoms with van der Waals surface area (Å²) in [5, 5.41) is 5.66. The molecule has 134 valence electrons. The summed E-state index contributed by atoms with van der Waals surface area (Å²) < 4.78 is 10.6. The van der Waals surface area contributed by atoms with E-state index in [2.05, 4.69) is 10.3 Å². The predicted molar refractivity (Wildman–Crippen MR) is 104 cm³/mol. The molecule has 3 aromatic rings. The predicted octanol–water partition coefficient (Wildman–Crippen LogP) is 4.40. The van der Waals surface area contributed by atoms with Gasteiger partial charge in [0.25, 0.3) is 0 Å². The Labute approximate surface area is 156 Å². The van der Waals surface area contributed by atoms with Crippen molar-refractivity contribution < 1.29 is 14.3 Å². The Morgan fingerprint density at radius 1 is 1.15 bits per heavy atom. The third kappa shape index (κ3) is 4.61. The maximum absolute atomic E-state index is 12.2. The van der Waals surface area contributed by atoms with Crippen LogP contribution in [-0.2, 0) is 11.2 Å². The monoisotopic (exact) mass is 368 g/mol. The number of benzene rings is 2. The molecule has 1 amide bonds. The summed E-state index contributed by atoms with van der Waals surface area (Å²) in [4.78, 5) is 16.8. The quantitative estimate of drug-likeness (QED) is 0.671. The van der Waals surface area contributed by atoms with E-state index < -0.39 is 0 Å². The summed E-state index contributed by atoms with van der Waals surface area (Å²) in [5.74, 6) is 1.43. The lowest BCUT2D eigenvalue weighted by Crippen LogP contribution is -2.14. The van der Waals surface area contributed by atoms with Gasteiger partial charge in [0, 0.05) is 22.7 Å². The number of nitrogens with one attached hydrogen (secondary N) is 1. The van der Waals surface area contributed by atoms with Crippen LogP contribution in [0.4, 0.5) is 5.69 Å². The molecule has 0 atom stereocenters. The number of rotatable bonds is 7. The number of methoxy groups -OCH3 is 1. The van der Waals surface area contributed by atoms with E-state index in [4.69, 9.17) is 9.47 Å². The first kappa shape index (κ1) is 17.9. The molecule has 0 saturated carbocycles. The molecule has 0 aliphatic rings. The van der Waals surface area contributed by atoms with Gasteiger partial charge >= 0.3 is 0 Å². The number of thiazole rings is 1. The summed E-state index contributed by atoms with van der Waals surface area (Å²) in [7, 11) is 1.60. The summed E-state index contributed by atoms with van der Waals surface area (Å²) in [6.07, 6.45) is 0.227. The molecule has 0 radical (unpaired) electrons. The van der Waals surface area contributed by atoms with Gasteiger partial charge in [-0.2, -0.15) is 0 Å². The number of aromatic nitrogens is 1. The van der Waals surface area contributed by atoms with E-state index in [1.54, 1.807) is 13.2 Å². The van der Waals surface area contributed by atoms with Gasteiger partial charge in [-0.25, -0.2) is 4.98 Å². The van der Waals surface area contributed by atoms with Crippen molar-refractivity contribution >= 4 is 22.9 Å². The Kier molecular flexibility index (Phi) is 5.86. The van der Waals surface area contributed by atoms with Crippen LogP contribution in [0.15, 0.2) is 53.9 Å². The highest BCUT2D eigenvalue weighted by Crippen LogP contribution is 2.26. The van der Waals surface area contributed by atoms with Gasteiger partial charge in [-0.05, 0) is 43.3 Å². The Morgan fingerprint density at radius 3 is 2.69 bits per heavy atom. The Morgan fingerprint density at radius 2 is 1.96 bits per heavy atom. The van der Waals surface area contributed by atoms with Crippen LogP contribution in [0.2, 0.25) is 0 Å². The summed E-state index contributed by atoms with van der Waals surface area (Å²) >= 11 is 1.52. The smallest absolute Gasteiger partial charge is 0.230 e. The van der Waals surface area contributed by atoms with Crippen molar-refractivity contribution in [3.63, 3.8) is 0 Å². The fraction of sp³-hybridized carbons (Fsp3) is 0.200. The normalized spacial score (nSPS) is 10.4. The Hall–Kier alpha value is -2.86. The minimum Gasteiger partial charge on any atom is -0.497 e. The van der Waals surface area contributed by atoms with E-state index in [1.165, 1.54) is 11.3 Å². The van der Waals surface area contributed by atoms with E-state index in [-0.39, 0.29) is 12.3 Å². The zero-order valence-corrected chi connectivity index (χ0v) is 15.5. The van der Waals surface area contributed by atoms with Crippen molar-refractivity contribution in [2.75, 3.05) is 19.0 Å². The maximum atomic E-state index is 12.2. The fourth-order valence-electron chi connectivity index (χ4n) is 2.45. The molecule has 0 fully saturated rings. The first-order valence-corrected chi connectivity index (χ1v) is 9.17. The van der Waals surface area contributed by atoms with Gasteiger partial charge in [0.1, 0.15) is 16.5 Å². The van der Waals surface area contributed by atoms with Crippen LogP contribution >= 0.6 is 11.3 Å². The number of ether oxygens (including phenoxy) is 2. The average Bonchev–Trinajstić information content (AvgIpc) is 3.11. The Bertz CT molecular complexity index is 875. The molecule has 0 spiro atoms. The van der Waals surface area contributed by atoms with Gasteiger partial charge in [-0.1, -0.05) is 6.07 Å². The van der Waals surface area contributed by atoms with Gasteiger partial charge in [0.2, 0.25) is 5.91 Å². The molecule has 3 rings (SSSR count). The largest absolute Gasteiger partial charge is 0.497 e. The van der Waals surface area contributed by atoms with Gasteiger partial charge < -0.3 is 14.8 Å². The molecule has 26 heavy (non-hydrogen) atoms. The summed E-state index contributed by atoms with van der Waals surface area (Å²) in [6, 6.07) is 15.1. The number of nitrogens with zero attached hydrogens (tertiary/aromatic N) is 1. The molecule has 1 aromatic heterocycles. The van der Waals surface area contributed by atoms with Gasteiger partial charge in [-0.3, -0.25) is 4.79 Å². The average molecular weight is 368 g/mol. The first-order valence-electron chi connectivity index (χ1n) is 8.29. The first-order chi connectivity index (χ1) is 12.7. The molecule has 6 heteroatoms. The molecule has 0 saturated heterocycles. The number of anilines is 1. The lowest BCUT2D eigenvalue weighted by Gasteiger charge is -2.06. The summed E-state index contributed by atoms with van der Waals surface area (Å²) in [6.45, 7) is 2.60. The highest BCUT2D eigenvalue weighted by Gasteiger charge is 2.10. The Balaban J connectivity index is 1.63. The topological polar surface area (TPSA) is 60.5 Å². The van der Waals surface area contributed by atoms with Crippen molar-refractivity contribution in [2.24, 2.45) is 0 Å². The molecule has 0 aliphatic heterocycles. The van der Waals surface area contributed by atoms with Crippen LogP contribution in [-0.4, -0.2) is 24.6 Å². The fourth-order valence-corrected chi connectivity index (χ4v) is 3.28. The standard InChI is InChI=1S/C20H20N2O3S/c1-3-25-17-9-7-14(8-10-17)20-22-16(13-26-20)12-19(23)21-15-5-4-6-18(11-15)24-2/h4-11,13H,3,12H2,1-2H3,(H,21,23). The maximum Gasteiger partial charge on any atom is 0.230 e. The minimum atomic E-state index is -0.109. The van der Waals surface area contributed by atoms with Crippen LogP contribution in [0.1, 0.15) is 12.6 Å². The van der Waals surface area contributed by atoms with E-state index in [1.807, 2.05) is 54.8 Å². The highest BCUT2D eigenvalue weighted by atomic mass is 32.1. The number of hydrogen-bond acceptors (Lipinski definition) is 5. The third-order valence-corrected chi connectivity index (χ3v) is 4.60. The van der Waals surface area contributed by atoms with Gasteiger partial charge in [0.05, 0.1) is 25.8 Å². The second-order valence-electron chi connectivity index (χ2n) is 5.56. The molecule has 1 heterocycles. The number of carbonyl (C=O) groups is 1. The van der Waals surface area contributed by atoms with Crippen molar-refractivity contribution in [3.8, 4) is 22.1 Å². The summed E-state index contributed by atoms with van der Waals surface area (Å²) in [5.41, 5.74) is 2.47. The van der Waals surface area contributed by atoms with E-state index in [0.717, 1.165) is 22.0 Å². The number of hydrogen-bond donors (Lipinski definition) is 1. The molecule has 1 N–H and O–H groups in total. The molecule has 5 nitrogen and oxygen atoms in total. The molecule has 2 aromatic carbocycles. The van der Waals surface area contributed by atoms with Gasteiger partial charge in [-0.15, -0.1) is 11.3 Å². The van der Waals surface area contributed by atoms with Crippen molar-refractivity contribution in [3.05, 3.63) is 59.6 Å². The van der Waals surface area contributed by atoms with Crippen LogP contribution in [0.25, 0.3) is 10.6 Å². The van der Waals surface area contributed by atoms with Crippen molar-refractivity contribution in [1.82, 2.24) is 4.98 Å². The number of carbonyl (C=O) groups excluding carboxylic acids is 1. The molecule has 0 unspecified atom stereocenters. The van der Waals surface area contributed by atoms with E-state index in [0.29, 0.717) is 18.0 Å². The lowest BCUT2D eigenvalue weighted by atomic mass is 10.2. The zero-order valence-electron chi connectivity index (χ0n) is 14.7. The van der Waals surface area contributed by atoms with Crippen LogP contribution in [0.3, 0.4) is 0 Å². The third-order valence-electron chi connectivity index (χ3n) is 3.66. The number of amides is 1. The zero-order chi connectivity index (χ0) is 18.4. The second-order valence-corrected chi connectivity index (χ2v) is 6.42. The van der Waals surface area contributed by atoms with Crippen LogP contribution in [0, 0.1) is 0 Å². The second kappa shape index (κ2) is 8.49. The lowest BCUT2D eigenvalue weighted by molar-refractivity contribution is -0.115. The van der Waals surface area contributed by atoms with E-state index >= 15 is 0 Å².